The zero-order valence-corrected chi connectivity index (χ0v) is 16.5. The van der Waals surface area contributed by atoms with Gasteiger partial charge in [0.05, 0.1) is 21.6 Å². The highest BCUT2D eigenvalue weighted by atomic mass is 35.5. The van der Waals surface area contributed by atoms with Gasteiger partial charge in [-0.05, 0) is 48.4 Å². The molecule has 1 N–H and O–H groups in total. The van der Waals surface area contributed by atoms with E-state index >= 15 is 0 Å². The van der Waals surface area contributed by atoms with Gasteiger partial charge in [-0.15, -0.1) is 0 Å². The van der Waals surface area contributed by atoms with E-state index in [0.29, 0.717) is 28.6 Å². The molecule has 0 aliphatic carbocycles. The summed E-state index contributed by atoms with van der Waals surface area (Å²) >= 11 is 6.42. The number of hydrogen-bond donors (Lipinski definition) is 1. The smallest absolute Gasteiger partial charge is 0.306 e. The molecule has 0 atom stereocenters. The highest BCUT2D eigenvalue weighted by Crippen LogP contribution is 2.21. The summed E-state index contributed by atoms with van der Waals surface area (Å²) in [5.41, 5.74) is 2.48. The molecule has 0 fully saturated rings. The Morgan fingerprint density at radius 1 is 0.931 bits per heavy atom. The van der Waals surface area contributed by atoms with Crippen molar-refractivity contribution >= 4 is 22.5 Å². The van der Waals surface area contributed by atoms with Gasteiger partial charge in [0.25, 0.3) is 5.56 Å². The molecule has 4 nitrogen and oxygen atoms in total. The van der Waals surface area contributed by atoms with Crippen molar-refractivity contribution in [3.63, 3.8) is 0 Å². The van der Waals surface area contributed by atoms with E-state index in [2.05, 4.69) is 16.8 Å². The molecule has 0 spiro atoms. The summed E-state index contributed by atoms with van der Waals surface area (Å²) in [6.45, 7) is 1.98. The molecule has 0 amide bonds. The number of hydrogen-bond acceptors (Lipinski definition) is 2. The number of H-pyrrole nitrogens is 1. The lowest BCUT2D eigenvalue weighted by atomic mass is 10.1. The zero-order valence-electron chi connectivity index (χ0n) is 15.7. The van der Waals surface area contributed by atoms with E-state index in [1.807, 2.05) is 49.4 Å². The van der Waals surface area contributed by atoms with Gasteiger partial charge in [-0.1, -0.05) is 60.7 Å². The van der Waals surface area contributed by atoms with Crippen LogP contribution in [0.2, 0.25) is 5.02 Å². The first-order chi connectivity index (χ1) is 14.1. The van der Waals surface area contributed by atoms with Gasteiger partial charge in [0.2, 0.25) is 0 Å². The van der Waals surface area contributed by atoms with Crippen LogP contribution in [0.15, 0.2) is 76.3 Å². The normalized spacial score (nSPS) is 10.6. The molecule has 4 rings (SSSR count). The van der Waals surface area contributed by atoms with Gasteiger partial charge in [0, 0.05) is 11.1 Å². The molecule has 29 heavy (non-hydrogen) atoms. The Labute approximate surface area is 172 Å². The summed E-state index contributed by atoms with van der Waals surface area (Å²) in [4.78, 5) is 28.5. The molecule has 0 saturated carbocycles. The van der Waals surface area contributed by atoms with E-state index in [-0.39, 0.29) is 5.02 Å². The summed E-state index contributed by atoms with van der Waals surface area (Å²) in [5, 5.41) is 0.733. The number of halogens is 1. The van der Waals surface area contributed by atoms with Crippen molar-refractivity contribution in [2.24, 2.45) is 0 Å². The van der Waals surface area contributed by atoms with Crippen LogP contribution in [0.4, 0.5) is 0 Å². The van der Waals surface area contributed by atoms with Crippen LogP contribution in [0.5, 0.6) is 0 Å². The van der Waals surface area contributed by atoms with Crippen LogP contribution in [0.25, 0.3) is 16.6 Å². The second-order valence-electron chi connectivity index (χ2n) is 6.55. The van der Waals surface area contributed by atoms with Gasteiger partial charge < -0.3 is 4.98 Å². The standard InChI is InChI=1S/C24H17ClN2O2/c1-2-18-9-6-10-19-22(18)26-24(29)27(23(19)28)21-14-13-17(15-20(21)25)12-11-16-7-4-3-5-8-16/h3-10,13-15H,2H2,1H3,(H,26,29). The highest BCUT2D eigenvalue weighted by Gasteiger charge is 2.14. The van der Waals surface area contributed by atoms with Crippen molar-refractivity contribution in [3.8, 4) is 17.5 Å². The third-order valence-electron chi connectivity index (χ3n) is 4.71. The molecular weight excluding hydrogens is 384 g/mol. The Balaban J connectivity index is 1.82. The lowest BCUT2D eigenvalue weighted by Crippen LogP contribution is -2.34. The minimum atomic E-state index is -0.520. The van der Waals surface area contributed by atoms with Crippen molar-refractivity contribution < 1.29 is 0 Å². The first kappa shape index (κ1) is 18.8. The van der Waals surface area contributed by atoms with Crippen molar-refractivity contribution in [2.45, 2.75) is 13.3 Å². The average molecular weight is 401 g/mol. The van der Waals surface area contributed by atoms with Crippen molar-refractivity contribution in [3.05, 3.63) is 109 Å². The van der Waals surface area contributed by atoms with Crippen LogP contribution in [0, 0.1) is 11.8 Å². The predicted octanol–water partition coefficient (Wildman–Crippen LogP) is 4.29. The number of aryl methyl sites for hydroxylation is 1. The predicted molar refractivity (Wildman–Crippen MR) is 117 cm³/mol. The Hall–Kier alpha value is -3.55. The molecule has 0 unspecified atom stereocenters. The minimum Gasteiger partial charge on any atom is -0.306 e. The van der Waals surface area contributed by atoms with Crippen molar-refractivity contribution in [1.82, 2.24) is 9.55 Å². The number of aromatic amines is 1. The molecule has 0 radical (unpaired) electrons. The lowest BCUT2D eigenvalue weighted by Gasteiger charge is -2.10. The first-order valence-corrected chi connectivity index (χ1v) is 9.60. The van der Waals surface area contributed by atoms with Gasteiger partial charge in [-0.2, -0.15) is 0 Å². The highest BCUT2D eigenvalue weighted by molar-refractivity contribution is 6.32. The van der Waals surface area contributed by atoms with Crippen LogP contribution in [0.1, 0.15) is 23.6 Å². The second kappa shape index (κ2) is 7.83. The number of fused-ring (bicyclic) bond motifs is 1. The number of nitrogens with one attached hydrogen (secondary N) is 1. The molecule has 3 aromatic carbocycles. The quantitative estimate of drug-likeness (QED) is 0.510. The Bertz CT molecular complexity index is 1390. The van der Waals surface area contributed by atoms with Crippen molar-refractivity contribution in [1.29, 1.82) is 0 Å². The summed E-state index contributed by atoms with van der Waals surface area (Å²) in [7, 11) is 0. The molecular formula is C24H17ClN2O2. The Morgan fingerprint density at radius 3 is 2.41 bits per heavy atom. The molecule has 4 aromatic rings. The number of rotatable bonds is 2. The maximum Gasteiger partial charge on any atom is 0.333 e. The van der Waals surface area contributed by atoms with Crippen molar-refractivity contribution in [2.75, 3.05) is 0 Å². The third-order valence-corrected chi connectivity index (χ3v) is 5.02. The molecule has 0 aliphatic heterocycles. The maximum atomic E-state index is 13.0. The number of nitrogens with zero attached hydrogens (tertiary/aromatic N) is 1. The van der Waals surface area contributed by atoms with E-state index in [0.717, 1.165) is 15.7 Å². The number of aromatic nitrogens is 2. The van der Waals surface area contributed by atoms with E-state index in [9.17, 15) is 9.59 Å². The van der Waals surface area contributed by atoms with Gasteiger partial charge in [0.1, 0.15) is 0 Å². The van der Waals surface area contributed by atoms with E-state index in [1.165, 1.54) is 0 Å². The first-order valence-electron chi connectivity index (χ1n) is 9.22. The summed E-state index contributed by atoms with van der Waals surface area (Å²) in [5.74, 6) is 6.11. The van der Waals surface area contributed by atoms with E-state index < -0.39 is 11.2 Å². The van der Waals surface area contributed by atoms with Gasteiger partial charge in [-0.3, -0.25) is 4.79 Å². The third kappa shape index (κ3) is 3.61. The molecule has 1 heterocycles. The molecule has 5 heteroatoms. The molecule has 0 bridgehead atoms. The van der Waals surface area contributed by atoms with Gasteiger partial charge >= 0.3 is 5.69 Å². The lowest BCUT2D eigenvalue weighted by molar-refractivity contribution is 0.898. The molecule has 142 valence electrons. The molecule has 0 saturated heterocycles. The number of benzene rings is 3. The fraction of sp³-hybridized carbons (Fsp3) is 0.0833. The van der Waals surface area contributed by atoms with Crippen LogP contribution >= 0.6 is 11.6 Å². The zero-order chi connectivity index (χ0) is 20.4. The van der Waals surface area contributed by atoms with E-state index in [4.69, 9.17) is 11.6 Å². The Morgan fingerprint density at radius 2 is 1.69 bits per heavy atom. The second-order valence-corrected chi connectivity index (χ2v) is 6.95. The fourth-order valence-electron chi connectivity index (χ4n) is 3.25. The number of para-hydroxylation sites is 1. The topological polar surface area (TPSA) is 54.9 Å². The van der Waals surface area contributed by atoms with Gasteiger partial charge in [0.15, 0.2) is 0 Å². The van der Waals surface area contributed by atoms with Gasteiger partial charge in [-0.25, -0.2) is 9.36 Å². The minimum absolute atomic E-state index is 0.281. The summed E-state index contributed by atoms with van der Waals surface area (Å²) in [6, 6.07) is 20.1. The van der Waals surface area contributed by atoms with E-state index in [1.54, 1.807) is 24.3 Å². The summed E-state index contributed by atoms with van der Waals surface area (Å²) < 4.78 is 1.07. The SMILES string of the molecule is CCc1cccc2c(=O)n(-c3ccc(C#Cc4ccccc4)cc3Cl)c(=O)[nH]c12. The van der Waals surface area contributed by atoms with Crippen LogP contribution < -0.4 is 11.2 Å². The molecule has 0 aliphatic rings. The maximum absolute atomic E-state index is 13.0. The largest absolute Gasteiger partial charge is 0.333 e. The molecule has 1 aromatic heterocycles. The Kier molecular flexibility index (Phi) is 5.07. The van der Waals surface area contributed by atoms with Crippen LogP contribution in [-0.4, -0.2) is 9.55 Å². The monoisotopic (exact) mass is 400 g/mol. The van der Waals surface area contributed by atoms with Crippen LogP contribution in [0.3, 0.4) is 0 Å². The summed E-state index contributed by atoms with van der Waals surface area (Å²) in [6.07, 6.45) is 0.715. The fourth-order valence-corrected chi connectivity index (χ4v) is 3.51. The average Bonchev–Trinajstić information content (AvgIpc) is 2.74. The van der Waals surface area contributed by atoms with Crippen LogP contribution in [-0.2, 0) is 6.42 Å².